The largest absolute Gasteiger partial charge is 0.453 e. The zero-order chi connectivity index (χ0) is 24.6. The zero-order valence-corrected chi connectivity index (χ0v) is 18.4. The average molecular weight is 468 g/mol. The predicted octanol–water partition coefficient (Wildman–Crippen LogP) is 6.75. The highest BCUT2D eigenvalue weighted by molar-refractivity contribution is 5.92. The van der Waals surface area contributed by atoms with Crippen molar-refractivity contribution in [1.82, 2.24) is 0 Å². The van der Waals surface area contributed by atoms with Crippen LogP contribution in [0.1, 0.15) is 32.8 Å². The number of esters is 1. The number of carbonyl (C=O) groups excluding carboxylic acids is 1. The van der Waals surface area contributed by atoms with Crippen LogP contribution < -0.4 is 14.9 Å². The number of alkyl halides is 3. The average Bonchev–Trinajstić information content (AvgIpc) is 2.74. The number of fused-ring (bicyclic) bond motifs is 1. The maximum atomic E-state index is 13.8. The van der Waals surface area contributed by atoms with Crippen molar-refractivity contribution < 1.29 is 31.9 Å². The van der Waals surface area contributed by atoms with Crippen LogP contribution >= 0.6 is 0 Å². The lowest BCUT2D eigenvalue weighted by Gasteiger charge is -2.14. The van der Waals surface area contributed by atoms with E-state index in [0.717, 1.165) is 22.8 Å². The molecule has 0 N–H and O–H groups in total. The topological polar surface area (TPSA) is 65.7 Å². The predicted molar refractivity (Wildman–Crippen MR) is 120 cm³/mol. The number of rotatable bonds is 4. The fraction of sp³-hybridized carbons (Fsp3) is 0.154. The fourth-order valence-corrected chi connectivity index (χ4v) is 3.55. The van der Waals surface area contributed by atoms with Crippen LogP contribution in [0.2, 0.25) is 0 Å². The van der Waals surface area contributed by atoms with Gasteiger partial charge in [-0.05, 0) is 68.3 Å². The number of hydrogen-bond acceptors (Lipinski definition) is 5. The summed E-state index contributed by atoms with van der Waals surface area (Å²) in [7, 11) is 0. The lowest BCUT2D eigenvalue weighted by Crippen LogP contribution is -2.15. The Hall–Kier alpha value is -4.07. The summed E-state index contributed by atoms with van der Waals surface area (Å²) in [6, 6.07) is 15.1. The summed E-state index contributed by atoms with van der Waals surface area (Å²) in [5.74, 6) is -3.23. The Morgan fingerprint density at radius 1 is 0.853 bits per heavy atom. The molecule has 5 nitrogen and oxygen atoms in total. The molecule has 174 valence electrons. The van der Waals surface area contributed by atoms with Gasteiger partial charge in [-0.25, -0.2) is 4.79 Å². The second-order valence-electron chi connectivity index (χ2n) is 7.93. The fourth-order valence-electron chi connectivity index (χ4n) is 3.55. The van der Waals surface area contributed by atoms with E-state index in [0.29, 0.717) is 0 Å². The van der Waals surface area contributed by atoms with Crippen molar-refractivity contribution in [3.8, 4) is 17.2 Å². The molecule has 0 bridgehead atoms. The molecule has 4 aromatic rings. The Kier molecular flexibility index (Phi) is 5.91. The van der Waals surface area contributed by atoms with Crippen molar-refractivity contribution >= 4 is 16.9 Å². The van der Waals surface area contributed by atoms with Crippen LogP contribution in [-0.2, 0) is 6.18 Å². The molecule has 4 rings (SSSR count). The summed E-state index contributed by atoms with van der Waals surface area (Å²) >= 11 is 0. The number of hydrogen-bond donors (Lipinski definition) is 0. The SMILES string of the molecule is Cc1cc(C)cc(Oc2c(C(F)(F)F)oc3cc(OC(=O)c4cccc(C)c4)ccc3c2=O)c1. The lowest BCUT2D eigenvalue weighted by molar-refractivity contribution is -0.154. The highest BCUT2D eigenvalue weighted by atomic mass is 19.4. The van der Waals surface area contributed by atoms with Gasteiger partial charge in [0.15, 0.2) is 0 Å². The lowest BCUT2D eigenvalue weighted by atomic mass is 10.1. The molecule has 0 aliphatic carbocycles. The van der Waals surface area contributed by atoms with E-state index in [9.17, 15) is 22.8 Å². The summed E-state index contributed by atoms with van der Waals surface area (Å²) in [6.07, 6.45) is -5.00. The Morgan fingerprint density at radius 2 is 1.56 bits per heavy atom. The molecule has 0 spiro atoms. The third-order valence-electron chi connectivity index (χ3n) is 4.96. The van der Waals surface area contributed by atoms with Crippen LogP contribution in [0.15, 0.2) is 69.9 Å². The molecule has 1 heterocycles. The van der Waals surface area contributed by atoms with E-state index in [1.54, 1.807) is 45.0 Å². The minimum absolute atomic E-state index is 0.0711. The Morgan fingerprint density at radius 3 is 2.21 bits per heavy atom. The zero-order valence-electron chi connectivity index (χ0n) is 18.4. The van der Waals surface area contributed by atoms with Crippen molar-refractivity contribution in [3.05, 3.63) is 98.9 Å². The van der Waals surface area contributed by atoms with Gasteiger partial charge in [0, 0.05) is 6.07 Å². The highest BCUT2D eigenvalue weighted by Gasteiger charge is 2.40. The Labute approximate surface area is 192 Å². The van der Waals surface area contributed by atoms with Crippen molar-refractivity contribution in [2.45, 2.75) is 26.9 Å². The van der Waals surface area contributed by atoms with Crippen LogP contribution in [0.25, 0.3) is 11.0 Å². The normalized spacial score (nSPS) is 11.5. The standard InChI is InChI=1S/C26H19F3O5/c1-14-5-4-6-17(10-14)25(31)33-18-7-8-20-21(13-18)34-24(26(27,28)29)23(22(20)30)32-19-11-15(2)9-16(3)12-19/h4-13H,1-3H3. The van der Waals surface area contributed by atoms with Gasteiger partial charge in [0.2, 0.25) is 11.2 Å². The molecule has 34 heavy (non-hydrogen) atoms. The van der Waals surface area contributed by atoms with Crippen LogP contribution in [-0.4, -0.2) is 5.97 Å². The molecule has 0 amide bonds. The van der Waals surface area contributed by atoms with Gasteiger partial charge in [-0.1, -0.05) is 23.8 Å². The molecule has 3 aromatic carbocycles. The molecule has 0 saturated carbocycles. The van der Waals surface area contributed by atoms with E-state index in [1.165, 1.54) is 24.3 Å². The van der Waals surface area contributed by atoms with Crippen LogP contribution in [0.5, 0.6) is 17.2 Å². The molecule has 0 fully saturated rings. The van der Waals surface area contributed by atoms with E-state index in [4.69, 9.17) is 13.9 Å². The second-order valence-corrected chi connectivity index (χ2v) is 7.93. The summed E-state index contributed by atoms with van der Waals surface area (Å²) in [5.41, 5.74) is 1.24. The number of ether oxygens (including phenoxy) is 2. The first-order valence-electron chi connectivity index (χ1n) is 10.2. The second kappa shape index (κ2) is 8.70. The minimum atomic E-state index is -5.00. The van der Waals surface area contributed by atoms with Gasteiger partial charge < -0.3 is 13.9 Å². The van der Waals surface area contributed by atoms with Crippen molar-refractivity contribution in [2.75, 3.05) is 0 Å². The molecule has 1 aromatic heterocycles. The summed E-state index contributed by atoms with van der Waals surface area (Å²) in [5, 5.41) is -0.150. The number of halogens is 3. The monoisotopic (exact) mass is 468 g/mol. The first-order chi connectivity index (χ1) is 16.0. The Bertz CT molecular complexity index is 1450. The molecular weight excluding hydrogens is 449 g/mol. The highest BCUT2D eigenvalue weighted by Crippen LogP contribution is 2.39. The van der Waals surface area contributed by atoms with Crippen LogP contribution in [0, 0.1) is 20.8 Å². The van der Waals surface area contributed by atoms with Gasteiger partial charge in [0.1, 0.15) is 17.1 Å². The molecule has 0 aliphatic rings. The van der Waals surface area contributed by atoms with E-state index < -0.39 is 29.1 Å². The van der Waals surface area contributed by atoms with Gasteiger partial charge in [-0.2, -0.15) is 13.2 Å². The number of carbonyl (C=O) groups is 1. The maximum Gasteiger partial charge on any atom is 0.453 e. The van der Waals surface area contributed by atoms with Gasteiger partial charge in [0.25, 0.3) is 5.76 Å². The summed E-state index contributed by atoms with van der Waals surface area (Å²) in [4.78, 5) is 25.4. The van der Waals surface area contributed by atoms with E-state index >= 15 is 0 Å². The van der Waals surface area contributed by atoms with Crippen molar-refractivity contribution in [2.24, 2.45) is 0 Å². The maximum absolute atomic E-state index is 13.8. The van der Waals surface area contributed by atoms with Crippen LogP contribution in [0.4, 0.5) is 13.2 Å². The van der Waals surface area contributed by atoms with Gasteiger partial charge >= 0.3 is 12.1 Å². The first kappa shape index (κ1) is 23.1. The molecule has 0 radical (unpaired) electrons. The van der Waals surface area contributed by atoms with Crippen LogP contribution in [0.3, 0.4) is 0 Å². The third kappa shape index (κ3) is 4.80. The van der Waals surface area contributed by atoms with Gasteiger partial charge in [-0.3, -0.25) is 4.79 Å². The first-order valence-corrected chi connectivity index (χ1v) is 10.2. The van der Waals surface area contributed by atoms with Crippen molar-refractivity contribution in [3.63, 3.8) is 0 Å². The summed E-state index contributed by atoms with van der Waals surface area (Å²) < 4.78 is 57.1. The molecule has 0 saturated heterocycles. The third-order valence-corrected chi connectivity index (χ3v) is 4.96. The van der Waals surface area contributed by atoms with Gasteiger partial charge in [-0.15, -0.1) is 0 Å². The number of benzene rings is 3. The molecule has 0 unspecified atom stereocenters. The van der Waals surface area contributed by atoms with E-state index in [1.807, 2.05) is 6.07 Å². The molecule has 0 atom stereocenters. The van der Waals surface area contributed by atoms with E-state index in [2.05, 4.69) is 0 Å². The molecule has 0 aliphatic heterocycles. The Balaban J connectivity index is 1.77. The van der Waals surface area contributed by atoms with Gasteiger partial charge in [0.05, 0.1) is 10.9 Å². The van der Waals surface area contributed by atoms with Crippen molar-refractivity contribution in [1.29, 1.82) is 0 Å². The molecule has 8 heteroatoms. The number of aryl methyl sites for hydroxylation is 3. The summed E-state index contributed by atoms with van der Waals surface area (Å²) in [6.45, 7) is 5.32. The quantitative estimate of drug-likeness (QED) is 0.245. The van der Waals surface area contributed by atoms with E-state index in [-0.39, 0.29) is 28.0 Å². The molecular formula is C26H19F3O5. The minimum Gasteiger partial charge on any atom is -0.449 e. The smallest absolute Gasteiger partial charge is 0.449 e.